The number of carbonyl (C=O) groups is 1. The molecule has 0 unspecified atom stereocenters. The Morgan fingerprint density at radius 2 is 2.29 bits per heavy atom. The van der Waals surface area contributed by atoms with E-state index in [1.54, 1.807) is 24.5 Å². The number of nitrogens with one attached hydrogen (secondary N) is 1. The lowest BCUT2D eigenvalue weighted by Crippen LogP contribution is -2.32. The Balaban J connectivity index is 2.21. The molecular weight excluding hydrogens is 268 g/mol. The van der Waals surface area contributed by atoms with Crippen molar-refractivity contribution in [3.8, 4) is 6.07 Å². The Morgan fingerprint density at radius 1 is 1.43 bits per heavy atom. The molecule has 0 fully saturated rings. The molecule has 21 heavy (non-hydrogen) atoms. The molecule has 0 spiro atoms. The standard InChI is InChI=1S/C15H14N4O2/c16-5-2-8-19(11-12-3-1-6-17-10-12)15(21)13-4-7-18-14(20)9-13/h1,3-4,6-7,9-10H,2,8,11H2,(H,18,20). The second kappa shape index (κ2) is 7.01. The molecule has 0 saturated heterocycles. The maximum absolute atomic E-state index is 12.5. The van der Waals surface area contributed by atoms with Gasteiger partial charge < -0.3 is 9.88 Å². The number of hydrogen-bond acceptors (Lipinski definition) is 4. The predicted molar refractivity (Wildman–Crippen MR) is 76.3 cm³/mol. The van der Waals surface area contributed by atoms with Crippen LogP contribution >= 0.6 is 0 Å². The van der Waals surface area contributed by atoms with Crippen molar-refractivity contribution in [3.63, 3.8) is 0 Å². The number of nitrogens with zero attached hydrogens (tertiary/aromatic N) is 3. The van der Waals surface area contributed by atoms with Crippen LogP contribution in [-0.4, -0.2) is 27.3 Å². The molecule has 106 valence electrons. The zero-order valence-corrected chi connectivity index (χ0v) is 11.3. The van der Waals surface area contributed by atoms with Gasteiger partial charge >= 0.3 is 0 Å². The highest BCUT2D eigenvalue weighted by Crippen LogP contribution is 2.08. The van der Waals surface area contributed by atoms with Crippen molar-refractivity contribution in [3.05, 3.63) is 64.3 Å². The summed E-state index contributed by atoms with van der Waals surface area (Å²) >= 11 is 0. The summed E-state index contributed by atoms with van der Waals surface area (Å²) in [5, 5.41) is 8.72. The molecule has 6 nitrogen and oxygen atoms in total. The number of aromatic nitrogens is 2. The van der Waals surface area contributed by atoms with E-state index < -0.39 is 0 Å². The lowest BCUT2D eigenvalue weighted by Gasteiger charge is -2.21. The van der Waals surface area contributed by atoms with E-state index in [0.717, 1.165) is 5.56 Å². The van der Waals surface area contributed by atoms with Gasteiger partial charge in [-0.15, -0.1) is 0 Å². The number of nitriles is 1. The summed E-state index contributed by atoms with van der Waals surface area (Å²) < 4.78 is 0. The molecule has 2 rings (SSSR count). The van der Waals surface area contributed by atoms with E-state index >= 15 is 0 Å². The first-order valence-electron chi connectivity index (χ1n) is 6.44. The molecule has 2 heterocycles. The molecule has 0 aliphatic rings. The molecule has 0 radical (unpaired) electrons. The fourth-order valence-corrected chi connectivity index (χ4v) is 1.91. The van der Waals surface area contributed by atoms with Crippen molar-refractivity contribution >= 4 is 5.91 Å². The number of carbonyl (C=O) groups excluding carboxylic acids is 1. The van der Waals surface area contributed by atoms with E-state index in [1.165, 1.54) is 17.2 Å². The van der Waals surface area contributed by atoms with Gasteiger partial charge in [0.2, 0.25) is 5.56 Å². The van der Waals surface area contributed by atoms with Crippen LogP contribution in [0.5, 0.6) is 0 Å². The minimum Gasteiger partial charge on any atom is -0.333 e. The number of amides is 1. The maximum atomic E-state index is 12.5. The number of H-pyrrole nitrogens is 1. The van der Waals surface area contributed by atoms with Gasteiger partial charge in [0.1, 0.15) is 0 Å². The van der Waals surface area contributed by atoms with Crippen LogP contribution < -0.4 is 5.56 Å². The summed E-state index contributed by atoms with van der Waals surface area (Å²) in [5.41, 5.74) is 0.844. The van der Waals surface area contributed by atoms with E-state index in [4.69, 9.17) is 5.26 Å². The normalized spacial score (nSPS) is 9.86. The van der Waals surface area contributed by atoms with Gasteiger partial charge in [-0.2, -0.15) is 5.26 Å². The van der Waals surface area contributed by atoms with E-state index in [2.05, 4.69) is 9.97 Å². The number of aromatic amines is 1. The van der Waals surface area contributed by atoms with Gasteiger partial charge in [0.05, 0.1) is 12.5 Å². The minimum absolute atomic E-state index is 0.231. The lowest BCUT2D eigenvalue weighted by atomic mass is 10.2. The first-order valence-corrected chi connectivity index (χ1v) is 6.44. The smallest absolute Gasteiger partial charge is 0.254 e. The van der Waals surface area contributed by atoms with Gasteiger partial charge in [-0.3, -0.25) is 14.6 Å². The largest absolute Gasteiger partial charge is 0.333 e. The molecular formula is C15H14N4O2. The van der Waals surface area contributed by atoms with Crippen LogP contribution in [-0.2, 0) is 6.54 Å². The van der Waals surface area contributed by atoms with E-state index in [9.17, 15) is 9.59 Å². The number of hydrogen-bond donors (Lipinski definition) is 1. The molecule has 2 aromatic rings. The van der Waals surface area contributed by atoms with Crippen LogP contribution in [0.25, 0.3) is 0 Å². The molecule has 0 saturated carbocycles. The summed E-state index contributed by atoms with van der Waals surface area (Å²) in [6, 6.07) is 8.47. The van der Waals surface area contributed by atoms with Gasteiger partial charge in [-0.25, -0.2) is 0 Å². The van der Waals surface area contributed by atoms with Gasteiger partial charge in [0.25, 0.3) is 5.91 Å². The molecule has 2 aromatic heterocycles. The van der Waals surface area contributed by atoms with Crippen molar-refractivity contribution < 1.29 is 4.79 Å². The third-order valence-corrected chi connectivity index (χ3v) is 2.90. The zero-order valence-electron chi connectivity index (χ0n) is 11.3. The second-order valence-electron chi connectivity index (χ2n) is 4.44. The summed E-state index contributed by atoms with van der Waals surface area (Å²) in [4.78, 5) is 31.8. The Bertz CT molecular complexity index is 703. The van der Waals surface area contributed by atoms with Gasteiger partial charge in [0, 0.05) is 43.3 Å². The first-order chi connectivity index (χ1) is 10.2. The van der Waals surface area contributed by atoms with Crippen LogP contribution in [0.4, 0.5) is 0 Å². The molecule has 0 bridgehead atoms. The van der Waals surface area contributed by atoms with Crippen LogP contribution in [0.3, 0.4) is 0 Å². The molecule has 1 N–H and O–H groups in total. The zero-order chi connectivity index (χ0) is 15.1. The Labute approximate surface area is 121 Å². The van der Waals surface area contributed by atoms with Crippen molar-refractivity contribution in [1.82, 2.24) is 14.9 Å². The van der Waals surface area contributed by atoms with Crippen LogP contribution in [0, 0.1) is 11.3 Å². The summed E-state index contributed by atoms with van der Waals surface area (Å²) in [6.45, 7) is 0.651. The monoisotopic (exact) mass is 282 g/mol. The molecule has 1 amide bonds. The van der Waals surface area contributed by atoms with E-state index in [0.29, 0.717) is 18.7 Å². The summed E-state index contributed by atoms with van der Waals surface area (Å²) in [6.07, 6.45) is 4.99. The number of rotatable bonds is 5. The Morgan fingerprint density at radius 3 is 2.95 bits per heavy atom. The second-order valence-corrected chi connectivity index (χ2v) is 4.44. The number of pyridine rings is 2. The van der Waals surface area contributed by atoms with Crippen molar-refractivity contribution in [2.45, 2.75) is 13.0 Å². The maximum Gasteiger partial charge on any atom is 0.254 e. The van der Waals surface area contributed by atoms with E-state index in [1.807, 2.05) is 12.1 Å². The third-order valence-electron chi connectivity index (χ3n) is 2.90. The highest BCUT2D eigenvalue weighted by Gasteiger charge is 2.16. The van der Waals surface area contributed by atoms with Gasteiger partial charge in [0.15, 0.2) is 0 Å². The van der Waals surface area contributed by atoms with Crippen LogP contribution in [0.2, 0.25) is 0 Å². The summed E-state index contributed by atoms with van der Waals surface area (Å²) in [7, 11) is 0. The summed E-state index contributed by atoms with van der Waals surface area (Å²) in [5.74, 6) is -0.278. The van der Waals surface area contributed by atoms with Crippen molar-refractivity contribution in [2.24, 2.45) is 0 Å². The van der Waals surface area contributed by atoms with Gasteiger partial charge in [-0.1, -0.05) is 6.07 Å². The highest BCUT2D eigenvalue weighted by molar-refractivity contribution is 5.94. The molecule has 0 aromatic carbocycles. The Kier molecular flexibility index (Phi) is 4.83. The lowest BCUT2D eigenvalue weighted by molar-refractivity contribution is 0.0746. The van der Waals surface area contributed by atoms with Crippen molar-refractivity contribution in [1.29, 1.82) is 5.26 Å². The quantitative estimate of drug-likeness (QED) is 0.895. The average Bonchev–Trinajstić information content (AvgIpc) is 2.51. The topological polar surface area (TPSA) is 89.8 Å². The average molecular weight is 282 g/mol. The van der Waals surface area contributed by atoms with Crippen molar-refractivity contribution in [2.75, 3.05) is 6.54 Å². The molecule has 0 atom stereocenters. The van der Waals surface area contributed by atoms with Crippen LogP contribution in [0.1, 0.15) is 22.3 Å². The SMILES string of the molecule is N#CCCN(Cc1cccnc1)C(=O)c1cc[nH]c(=O)c1. The van der Waals surface area contributed by atoms with Crippen LogP contribution in [0.15, 0.2) is 47.7 Å². The third kappa shape index (κ3) is 4.01. The van der Waals surface area contributed by atoms with Gasteiger partial charge in [-0.05, 0) is 17.7 Å². The van der Waals surface area contributed by atoms with E-state index in [-0.39, 0.29) is 17.9 Å². The molecule has 0 aliphatic carbocycles. The highest BCUT2D eigenvalue weighted by atomic mass is 16.2. The minimum atomic E-state index is -0.331. The fraction of sp³-hybridized carbons (Fsp3) is 0.200. The fourth-order valence-electron chi connectivity index (χ4n) is 1.91. The molecule has 6 heteroatoms. The molecule has 0 aliphatic heterocycles. The predicted octanol–water partition coefficient (Wildman–Crippen LogP) is 1.33. The Hall–Kier alpha value is -2.94. The first kappa shape index (κ1) is 14.5.